The molecule has 0 atom stereocenters. The lowest BCUT2D eigenvalue weighted by Gasteiger charge is -2.15. The van der Waals surface area contributed by atoms with Gasteiger partial charge in [-0.3, -0.25) is 4.79 Å². The Hall–Kier alpha value is -2.77. The zero-order chi connectivity index (χ0) is 22.4. The summed E-state index contributed by atoms with van der Waals surface area (Å²) in [7, 11) is 3.33. The first-order valence-electron chi connectivity index (χ1n) is 8.46. The molecular formula is C18H14Cl2F3N5O2. The third kappa shape index (κ3) is 3.70. The van der Waals surface area contributed by atoms with E-state index in [9.17, 15) is 28.3 Å². The second kappa shape index (κ2) is 7.49. The van der Waals surface area contributed by atoms with Gasteiger partial charge in [-0.05, 0) is 25.0 Å². The van der Waals surface area contributed by atoms with Gasteiger partial charge in [0.05, 0.1) is 32.9 Å². The quantitative estimate of drug-likeness (QED) is 0.527. The molecule has 1 aliphatic rings. The molecule has 1 saturated carbocycles. The standard InChI is InChI=1S/C18H14Cl2F3N5O2/c1-27(2)8-25-15-13(17(3-4-17)16(29)30)12(7-24)26-28(15)14-10(19)5-9(6-11(14)20)18(21,22)23/h5-6,8H,3-4H2,1-2H3,(H,29,30)/b25-8+. The Kier molecular flexibility index (Phi) is 5.47. The Morgan fingerprint density at radius 3 is 2.33 bits per heavy atom. The number of halogens is 5. The summed E-state index contributed by atoms with van der Waals surface area (Å²) in [5.74, 6) is -1.19. The van der Waals surface area contributed by atoms with Crippen LogP contribution in [0, 0.1) is 11.3 Å². The number of alkyl halides is 3. The molecule has 0 unspecified atom stereocenters. The van der Waals surface area contributed by atoms with Crippen molar-refractivity contribution in [1.82, 2.24) is 14.7 Å². The van der Waals surface area contributed by atoms with Gasteiger partial charge in [0, 0.05) is 14.1 Å². The van der Waals surface area contributed by atoms with Crippen molar-refractivity contribution in [3.63, 3.8) is 0 Å². The van der Waals surface area contributed by atoms with Crippen molar-refractivity contribution < 1.29 is 23.1 Å². The Balaban J connectivity index is 2.33. The monoisotopic (exact) mass is 459 g/mol. The van der Waals surface area contributed by atoms with Gasteiger partial charge in [0.25, 0.3) is 0 Å². The molecule has 0 bridgehead atoms. The first kappa shape index (κ1) is 21.9. The number of nitrogens with zero attached hydrogens (tertiary/aromatic N) is 5. The molecule has 158 valence electrons. The highest BCUT2D eigenvalue weighted by Gasteiger charge is 2.56. The number of rotatable bonds is 5. The normalized spacial score (nSPS) is 15.3. The average molecular weight is 460 g/mol. The number of nitriles is 1. The SMILES string of the molecule is CN(C)/C=N/c1c(C2(C(=O)O)CC2)c(C#N)nn1-c1c(Cl)cc(C(F)(F)F)cc1Cl. The van der Waals surface area contributed by atoms with Crippen molar-refractivity contribution in [2.45, 2.75) is 24.4 Å². The number of aromatic nitrogens is 2. The number of carbonyl (C=O) groups is 1. The van der Waals surface area contributed by atoms with Crippen LogP contribution >= 0.6 is 23.2 Å². The van der Waals surface area contributed by atoms with E-state index in [1.165, 1.54) is 6.34 Å². The summed E-state index contributed by atoms with van der Waals surface area (Å²) in [6.07, 6.45) is -2.79. The summed E-state index contributed by atoms with van der Waals surface area (Å²) in [6.45, 7) is 0. The molecule has 0 spiro atoms. The molecule has 1 aromatic heterocycles. The van der Waals surface area contributed by atoms with Crippen LogP contribution in [0.1, 0.15) is 29.7 Å². The molecule has 0 amide bonds. The van der Waals surface area contributed by atoms with E-state index < -0.39 is 23.1 Å². The van der Waals surface area contributed by atoms with E-state index >= 15 is 0 Å². The van der Waals surface area contributed by atoms with Crippen LogP contribution < -0.4 is 0 Å². The molecule has 1 fully saturated rings. The van der Waals surface area contributed by atoms with Crippen LogP contribution in [0.4, 0.5) is 19.0 Å². The first-order valence-corrected chi connectivity index (χ1v) is 9.22. The fraction of sp³-hybridized carbons (Fsp3) is 0.333. The van der Waals surface area contributed by atoms with Crippen molar-refractivity contribution >= 4 is 41.3 Å². The van der Waals surface area contributed by atoms with Crippen LogP contribution in [0.15, 0.2) is 17.1 Å². The maximum absolute atomic E-state index is 13.1. The molecule has 1 heterocycles. The maximum Gasteiger partial charge on any atom is 0.416 e. The van der Waals surface area contributed by atoms with Crippen molar-refractivity contribution in [2.24, 2.45) is 4.99 Å². The molecule has 12 heteroatoms. The summed E-state index contributed by atoms with van der Waals surface area (Å²) < 4.78 is 40.2. The predicted molar refractivity (Wildman–Crippen MR) is 104 cm³/mol. The number of aliphatic imine (C=N–C) groups is 1. The zero-order valence-corrected chi connectivity index (χ0v) is 17.1. The van der Waals surface area contributed by atoms with E-state index in [1.54, 1.807) is 19.0 Å². The maximum atomic E-state index is 13.1. The summed E-state index contributed by atoms with van der Waals surface area (Å²) in [4.78, 5) is 17.7. The van der Waals surface area contributed by atoms with E-state index in [2.05, 4.69) is 10.1 Å². The molecule has 0 aliphatic heterocycles. The van der Waals surface area contributed by atoms with Gasteiger partial charge in [-0.25, -0.2) is 9.67 Å². The summed E-state index contributed by atoms with van der Waals surface area (Å²) >= 11 is 12.2. The number of carboxylic acids is 1. The van der Waals surface area contributed by atoms with Crippen molar-refractivity contribution in [3.05, 3.63) is 39.0 Å². The number of hydrogen-bond donors (Lipinski definition) is 1. The molecule has 2 aromatic rings. The van der Waals surface area contributed by atoms with E-state index in [1.807, 2.05) is 6.07 Å². The van der Waals surface area contributed by atoms with Crippen molar-refractivity contribution in [1.29, 1.82) is 5.26 Å². The highest BCUT2D eigenvalue weighted by molar-refractivity contribution is 6.38. The Morgan fingerprint density at radius 2 is 1.93 bits per heavy atom. The molecule has 0 radical (unpaired) electrons. The second-order valence-electron chi connectivity index (χ2n) is 6.95. The highest BCUT2D eigenvalue weighted by atomic mass is 35.5. The van der Waals surface area contributed by atoms with Crippen LogP contribution in [0.2, 0.25) is 10.0 Å². The van der Waals surface area contributed by atoms with E-state index in [-0.39, 0.29) is 45.6 Å². The third-order valence-corrected chi connectivity index (χ3v) is 5.15. The minimum absolute atomic E-state index is 0.0382. The Morgan fingerprint density at radius 1 is 1.37 bits per heavy atom. The molecular weight excluding hydrogens is 446 g/mol. The minimum atomic E-state index is -4.67. The number of aliphatic carboxylic acids is 1. The summed E-state index contributed by atoms with van der Waals surface area (Å²) in [6, 6.07) is 3.20. The van der Waals surface area contributed by atoms with E-state index in [0.29, 0.717) is 12.1 Å². The largest absolute Gasteiger partial charge is 0.481 e. The van der Waals surface area contributed by atoms with Gasteiger partial charge in [-0.15, -0.1) is 0 Å². The molecule has 1 aromatic carbocycles. The molecule has 3 rings (SSSR count). The minimum Gasteiger partial charge on any atom is -0.481 e. The number of hydrogen-bond acceptors (Lipinski definition) is 4. The molecule has 1 aliphatic carbocycles. The number of benzene rings is 1. The fourth-order valence-corrected chi connectivity index (χ4v) is 3.65. The van der Waals surface area contributed by atoms with Gasteiger partial charge >= 0.3 is 12.1 Å². The third-order valence-electron chi connectivity index (χ3n) is 4.57. The summed E-state index contributed by atoms with van der Waals surface area (Å²) in [5.41, 5.74) is -2.69. The topological polar surface area (TPSA) is 94.5 Å². The van der Waals surface area contributed by atoms with Crippen LogP contribution in [-0.2, 0) is 16.4 Å². The van der Waals surface area contributed by atoms with E-state index in [0.717, 1.165) is 4.68 Å². The molecule has 0 saturated heterocycles. The van der Waals surface area contributed by atoms with Crippen LogP contribution in [0.25, 0.3) is 5.69 Å². The predicted octanol–water partition coefficient (Wildman–Crippen LogP) is 4.41. The summed E-state index contributed by atoms with van der Waals surface area (Å²) in [5, 5.41) is 22.6. The average Bonchev–Trinajstić information content (AvgIpc) is 3.35. The van der Waals surface area contributed by atoms with Gasteiger partial charge in [-0.2, -0.15) is 23.5 Å². The van der Waals surface area contributed by atoms with Crippen LogP contribution in [0.3, 0.4) is 0 Å². The van der Waals surface area contributed by atoms with Gasteiger partial charge in [0.15, 0.2) is 11.5 Å². The van der Waals surface area contributed by atoms with Crippen LogP contribution in [0.5, 0.6) is 0 Å². The smallest absolute Gasteiger partial charge is 0.416 e. The first-order chi connectivity index (χ1) is 13.9. The lowest BCUT2D eigenvalue weighted by atomic mass is 9.95. The van der Waals surface area contributed by atoms with E-state index in [4.69, 9.17) is 23.2 Å². The lowest BCUT2D eigenvalue weighted by molar-refractivity contribution is -0.140. The molecule has 1 N–H and O–H groups in total. The molecule has 30 heavy (non-hydrogen) atoms. The zero-order valence-electron chi connectivity index (χ0n) is 15.6. The van der Waals surface area contributed by atoms with Gasteiger partial charge in [0.2, 0.25) is 0 Å². The van der Waals surface area contributed by atoms with Gasteiger partial charge < -0.3 is 10.0 Å². The van der Waals surface area contributed by atoms with Gasteiger partial charge in [-0.1, -0.05) is 23.2 Å². The van der Waals surface area contributed by atoms with Gasteiger partial charge in [0.1, 0.15) is 11.8 Å². The highest BCUT2D eigenvalue weighted by Crippen LogP contribution is 2.53. The van der Waals surface area contributed by atoms with Crippen molar-refractivity contribution in [2.75, 3.05) is 14.1 Å². The Labute approximate surface area is 178 Å². The fourth-order valence-electron chi connectivity index (χ4n) is 3.00. The van der Waals surface area contributed by atoms with Crippen molar-refractivity contribution in [3.8, 4) is 11.8 Å². The second-order valence-corrected chi connectivity index (χ2v) is 7.77. The number of carboxylic acid groups (broad SMARTS) is 1. The lowest BCUT2D eigenvalue weighted by Crippen LogP contribution is -2.20. The Bertz CT molecular complexity index is 1080. The van der Waals surface area contributed by atoms with Crippen LogP contribution in [-0.4, -0.2) is 46.2 Å². The molecule has 7 nitrogen and oxygen atoms in total.